The Balaban J connectivity index is 1.73. The lowest BCUT2D eigenvalue weighted by atomic mass is 9.77. The monoisotopic (exact) mass is 544 g/mol. The molecule has 2 atom stereocenters. The van der Waals surface area contributed by atoms with Gasteiger partial charge in [0.25, 0.3) is 5.91 Å². The van der Waals surface area contributed by atoms with E-state index in [1.165, 1.54) is 0 Å². The van der Waals surface area contributed by atoms with Crippen LogP contribution in [0.4, 0.5) is 4.79 Å². The summed E-state index contributed by atoms with van der Waals surface area (Å²) in [6, 6.07) is 9.52. The van der Waals surface area contributed by atoms with Crippen molar-refractivity contribution in [2.24, 2.45) is 4.99 Å². The van der Waals surface area contributed by atoms with Crippen LogP contribution in [0.5, 0.6) is 0 Å². The van der Waals surface area contributed by atoms with Crippen LogP contribution in [0, 0.1) is 0 Å². The first-order valence-corrected chi connectivity index (χ1v) is 13.3. The van der Waals surface area contributed by atoms with E-state index < -0.39 is 11.5 Å². The number of carbonyl (C=O) groups excluding carboxylic acids is 2. The summed E-state index contributed by atoms with van der Waals surface area (Å²) in [5, 5.41) is 0.445. The number of aromatic nitrogens is 1. The zero-order chi connectivity index (χ0) is 27.3. The van der Waals surface area contributed by atoms with Crippen LogP contribution in [0.25, 0.3) is 0 Å². The molecule has 2 aliphatic rings. The quantitative estimate of drug-likeness (QED) is 0.408. The molecule has 2 aromatic rings. The SMILES string of the molecule is C[C@H]1CN(C(=O)OC(C)(C)C)CCN1C1=NC(=O)C(c2ccccc2C(C)(C)C)c2nc(Cl)c(Cl)cc21. The number of ether oxygens (including phenoxy) is 1. The van der Waals surface area contributed by atoms with Crippen molar-refractivity contribution in [3.63, 3.8) is 0 Å². The van der Waals surface area contributed by atoms with Crippen LogP contribution < -0.4 is 0 Å². The number of halogens is 2. The summed E-state index contributed by atoms with van der Waals surface area (Å²) >= 11 is 12.8. The molecule has 2 amide bonds. The lowest BCUT2D eigenvalue weighted by Gasteiger charge is -2.42. The number of rotatable bonds is 1. The lowest BCUT2D eigenvalue weighted by Crippen LogP contribution is -2.57. The smallest absolute Gasteiger partial charge is 0.410 e. The van der Waals surface area contributed by atoms with E-state index in [-0.39, 0.29) is 28.6 Å². The molecule has 2 aliphatic heterocycles. The maximum Gasteiger partial charge on any atom is 0.410 e. The first-order chi connectivity index (χ1) is 17.2. The van der Waals surface area contributed by atoms with Crippen LogP contribution in [0.3, 0.4) is 0 Å². The van der Waals surface area contributed by atoms with Crippen LogP contribution in [-0.4, -0.2) is 63.9 Å². The Morgan fingerprint density at radius 2 is 1.76 bits per heavy atom. The summed E-state index contributed by atoms with van der Waals surface area (Å²) in [7, 11) is 0. The van der Waals surface area contributed by atoms with E-state index in [1.807, 2.05) is 56.9 Å². The van der Waals surface area contributed by atoms with Crippen molar-refractivity contribution in [1.82, 2.24) is 14.8 Å². The number of carbonyl (C=O) groups is 2. The van der Waals surface area contributed by atoms with Gasteiger partial charge < -0.3 is 14.5 Å². The number of hydrogen-bond donors (Lipinski definition) is 0. The molecule has 0 radical (unpaired) electrons. The van der Waals surface area contributed by atoms with Gasteiger partial charge in [0.1, 0.15) is 22.5 Å². The van der Waals surface area contributed by atoms with Gasteiger partial charge in [-0.3, -0.25) is 4.79 Å². The van der Waals surface area contributed by atoms with Crippen molar-refractivity contribution >= 4 is 41.0 Å². The molecule has 3 heterocycles. The van der Waals surface area contributed by atoms with Crippen molar-refractivity contribution in [3.05, 3.63) is 62.9 Å². The Morgan fingerprint density at radius 3 is 2.38 bits per heavy atom. The Kier molecular flexibility index (Phi) is 7.34. The fourth-order valence-electron chi connectivity index (χ4n) is 4.92. The Labute approximate surface area is 228 Å². The first kappa shape index (κ1) is 27.4. The van der Waals surface area contributed by atoms with Crippen LogP contribution in [0.2, 0.25) is 10.2 Å². The maximum absolute atomic E-state index is 13.7. The number of pyridine rings is 1. The number of nitrogens with zero attached hydrogens (tertiary/aromatic N) is 4. The van der Waals surface area contributed by atoms with Gasteiger partial charge in [0.2, 0.25) is 0 Å². The largest absolute Gasteiger partial charge is 0.444 e. The Bertz CT molecular complexity index is 1260. The van der Waals surface area contributed by atoms with Crippen LogP contribution in [0.1, 0.15) is 76.8 Å². The fourth-order valence-corrected chi connectivity index (χ4v) is 5.22. The minimum atomic E-state index is -0.692. The summed E-state index contributed by atoms with van der Waals surface area (Å²) in [4.78, 5) is 39.3. The summed E-state index contributed by atoms with van der Waals surface area (Å²) in [6.45, 7) is 15.2. The highest BCUT2D eigenvalue weighted by Crippen LogP contribution is 2.40. The number of amides is 2. The van der Waals surface area contributed by atoms with Crippen molar-refractivity contribution in [2.45, 2.75) is 71.4 Å². The number of benzene rings is 1. The second kappa shape index (κ2) is 9.91. The third-order valence-electron chi connectivity index (χ3n) is 6.57. The molecular weight excluding hydrogens is 511 g/mol. The third-order valence-corrected chi connectivity index (χ3v) is 7.24. The van der Waals surface area contributed by atoms with Gasteiger partial charge >= 0.3 is 6.09 Å². The van der Waals surface area contributed by atoms with E-state index in [0.29, 0.717) is 41.7 Å². The Hall–Kier alpha value is -2.64. The van der Waals surface area contributed by atoms with Gasteiger partial charge in [0.15, 0.2) is 0 Å². The van der Waals surface area contributed by atoms with Crippen molar-refractivity contribution < 1.29 is 14.3 Å². The van der Waals surface area contributed by atoms with Crippen LogP contribution in [0.15, 0.2) is 35.3 Å². The standard InChI is InChI=1S/C28H34Cl2N4O3/c1-16-15-33(26(36)37-28(5,6)7)12-13-34(16)24-18-14-20(29)23(30)31-22(18)21(25(35)32-24)17-10-8-9-11-19(17)27(2,3)4/h8-11,14,16,21H,12-13,15H2,1-7H3/t16-,21?/m0/s1. The minimum Gasteiger partial charge on any atom is -0.444 e. The summed E-state index contributed by atoms with van der Waals surface area (Å²) in [5.74, 6) is -0.485. The molecule has 37 heavy (non-hydrogen) atoms. The second-order valence-electron chi connectivity index (χ2n) is 11.7. The predicted octanol–water partition coefficient (Wildman–Crippen LogP) is 6.05. The van der Waals surface area contributed by atoms with Crippen LogP contribution >= 0.6 is 23.2 Å². The molecule has 9 heteroatoms. The molecule has 4 rings (SSSR count). The molecule has 0 spiro atoms. The van der Waals surface area contributed by atoms with Gasteiger partial charge in [-0.1, -0.05) is 68.2 Å². The average Bonchev–Trinajstić information content (AvgIpc) is 2.78. The normalized spacial score (nSPS) is 20.5. The van der Waals surface area contributed by atoms with E-state index in [1.54, 1.807) is 11.0 Å². The summed E-state index contributed by atoms with van der Waals surface area (Å²) < 4.78 is 5.55. The fraction of sp³-hybridized carbons (Fsp3) is 0.500. The van der Waals surface area contributed by atoms with Gasteiger partial charge in [-0.15, -0.1) is 0 Å². The molecule has 0 saturated carbocycles. The van der Waals surface area contributed by atoms with Gasteiger partial charge in [-0.25, -0.2) is 9.78 Å². The number of fused-ring (bicyclic) bond motifs is 1. The van der Waals surface area contributed by atoms with E-state index in [0.717, 1.165) is 11.1 Å². The topological polar surface area (TPSA) is 75.1 Å². The molecule has 1 aromatic heterocycles. The van der Waals surface area contributed by atoms with Gasteiger partial charge in [0.05, 0.1) is 10.7 Å². The van der Waals surface area contributed by atoms with Gasteiger partial charge in [0, 0.05) is 31.2 Å². The summed E-state index contributed by atoms with van der Waals surface area (Å²) in [5.41, 5.74) is 2.37. The van der Waals surface area contributed by atoms with Crippen LogP contribution in [-0.2, 0) is 14.9 Å². The zero-order valence-corrected chi connectivity index (χ0v) is 23.9. The van der Waals surface area contributed by atoms with Crippen molar-refractivity contribution in [3.8, 4) is 0 Å². The highest BCUT2D eigenvalue weighted by Gasteiger charge is 2.40. The number of hydrogen-bond acceptors (Lipinski definition) is 5. The highest BCUT2D eigenvalue weighted by molar-refractivity contribution is 6.41. The molecule has 0 N–H and O–H groups in total. The number of aliphatic imine (C=N–C) groups is 1. The van der Waals surface area contributed by atoms with E-state index in [4.69, 9.17) is 27.9 Å². The molecule has 0 aliphatic carbocycles. The van der Waals surface area contributed by atoms with E-state index in [2.05, 4.69) is 30.7 Å². The summed E-state index contributed by atoms with van der Waals surface area (Å²) in [6.07, 6.45) is -0.351. The third kappa shape index (κ3) is 5.63. The molecule has 1 aromatic carbocycles. The molecule has 0 bridgehead atoms. The second-order valence-corrected chi connectivity index (χ2v) is 12.5. The first-order valence-electron chi connectivity index (χ1n) is 12.5. The number of piperazine rings is 1. The average molecular weight is 546 g/mol. The molecule has 198 valence electrons. The highest BCUT2D eigenvalue weighted by atomic mass is 35.5. The molecule has 7 nitrogen and oxygen atoms in total. The molecule has 1 saturated heterocycles. The minimum absolute atomic E-state index is 0.117. The number of amidine groups is 1. The molecule has 1 fully saturated rings. The molecule has 1 unspecified atom stereocenters. The van der Waals surface area contributed by atoms with Gasteiger partial charge in [-0.05, 0) is 50.3 Å². The van der Waals surface area contributed by atoms with E-state index >= 15 is 0 Å². The predicted molar refractivity (Wildman–Crippen MR) is 147 cm³/mol. The van der Waals surface area contributed by atoms with Crippen molar-refractivity contribution in [1.29, 1.82) is 0 Å². The zero-order valence-electron chi connectivity index (χ0n) is 22.4. The Morgan fingerprint density at radius 1 is 1.08 bits per heavy atom. The van der Waals surface area contributed by atoms with Crippen molar-refractivity contribution in [2.75, 3.05) is 19.6 Å². The van der Waals surface area contributed by atoms with Gasteiger partial charge in [-0.2, -0.15) is 4.99 Å². The lowest BCUT2D eigenvalue weighted by molar-refractivity contribution is -0.118. The molecular formula is C28H34Cl2N4O3. The maximum atomic E-state index is 13.7. The van der Waals surface area contributed by atoms with E-state index in [9.17, 15) is 9.59 Å².